The van der Waals surface area contributed by atoms with Gasteiger partial charge in [-0.3, -0.25) is 0 Å². The fourth-order valence-corrected chi connectivity index (χ4v) is 0.321. The van der Waals surface area contributed by atoms with E-state index in [1.807, 2.05) is 51.1 Å². The molecule has 0 heterocycles. The fourth-order valence-electron chi connectivity index (χ4n) is 0.321. The Morgan fingerprint density at radius 3 is 1.58 bits per heavy atom. The van der Waals surface area contributed by atoms with Crippen molar-refractivity contribution in [2.45, 2.75) is 26.3 Å². The monoisotopic (exact) mass is 211 g/mol. The topological polar surface area (TPSA) is 4.36 Å². The maximum absolute atomic E-state index is 6.48. The quantitative estimate of drug-likeness (QED) is 0.459. The summed E-state index contributed by atoms with van der Waals surface area (Å²) in [7, 11) is 0. The Hall–Kier alpha value is -0.641. The van der Waals surface area contributed by atoms with Gasteiger partial charge in [0.15, 0.2) is 0 Å². The van der Waals surface area contributed by atoms with Gasteiger partial charge in [-0.1, -0.05) is 0 Å². The Balaban J connectivity index is 0. The molecule has 0 unspecified atom stereocenters. The Kier molecular flexibility index (Phi) is 8.16. The molecule has 0 radical (unpaired) electrons. The zero-order valence-electron chi connectivity index (χ0n) is 7.64. The van der Waals surface area contributed by atoms with Gasteiger partial charge in [0.05, 0.1) is 0 Å². The van der Waals surface area contributed by atoms with Gasteiger partial charge in [0.2, 0.25) is 5.54 Å². The molecule has 0 aliphatic carbocycles. The van der Waals surface area contributed by atoms with Crippen LogP contribution in [0.2, 0.25) is 0 Å². The van der Waals surface area contributed by atoms with Crippen LogP contribution in [-0.2, 0) is 17.1 Å². The van der Waals surface area contributed by atoms with E-state index in [-0.39, 0.29) is 22.6 Å². The first kappa shape index (κ1) is 13.9. The molecule has 0 saturated heterocycles. The van der Waals surface area contributed by atoms with Crippen LogP contribution in [0.4, 0.5) is 0 Å². The van der Waals surface area contributed by atoms with E-state index in [1.165, 1.54) is 0 Å². The standard InChI is InChI=1S/C5H9N.C5H5.Cu/c1-5(2,3)6-4;1-2-4-5-3-1;/h1-3H3;1-5H;/q;-1;+1. The van der Waals surface area contributed by atoms with Crippen LogP contribution in [0.25, 0.3) is 4.85 Å². The van der Waals surface area contributed by atoms with Gasteiger partial charge in [0, 0.05) is 20.8 Å². The number of hydrogen-bond donors (Lipinski definition) is 0. The van der Waals surface area contributed by atoms with Gasteiger partial charge in [-0.15, -0.1) is 0 Å². The van der Waals surface area contributed by atoms with Crippen molar-refractivity contribution >= 4 is 0 Å². The molecular formula is C10H14CuN. The van der Waals surface area contributed by atoms with Crippen LogP contribution >= 0.6 is 0 Å². The first-order valence-electron chi connectivity index (χ1n) is 3.61. The van der Waals surface area contributed by atoms with E-state index in [0.29, 0.717) is 0 Å². The molecule has 0 aliphatic heterocycles. The first-order valence-corrected chi connectivity index (χ1v) is 3.61. The summed E-state index contributed by atoms with van der Waals surface area (Å²) in [6.07, 6.45) is 0. The SMILES string of the molecule is [C-]#[N+]C(C)(C)C.[Cu+].c1cc[cH-]c1. The van der Waals surface area contributed by atoms with Gasteiger partial charge in [-0.05, 0) is 0 Å². The Labute approximate surface area is 85.4 Å². The minimum atomic E-state index is -0.167. The van der Waals surface area contributed by atoms with Gasteiger partial charge < -0.3 is 4.85 Å². The van der Waals surface area contributed by atoms with Gasteiger partial charge in [0.1, 0.15) is 0 Å². The molecule has 0 amide bonds. The number of rotatable bonds is 0. The third-order valence-corrected chi connectivity index (χ3v) is 0.891. The van der Waals surface area contributed by atoms with E-state index in [4.69, 9.17) is 6.57 Å². The molecule has 2 heteroatoms. The van der Waals surface area contributed by atoms with E-state index in [1.54, 1.807) is 0 Å². The van der Waals surface area contributed by atoms with Crippen LogP contribution in [0.5, 0.6) is 0 Å². The minimum Gasteiger partial charge on any atom is -0.311 e. The maximum Gasteiger partial charge on any atom is 1.00 e. The second-order valence-corrected chi connectivity index (χ2v) is 3.24. The predicted molar refractivity (Wildman–Crippen MR) is 48.4 cm³/mol. The Morgan fingerprint density at radius 1 is 1.17 bits per heavy atom. The molecule has 0 atom stereocenters. The molecular weight excluding hydrogens is 198 g/mol. The van der Waals surface area contributed by atoms with Crippen molar-refractivity contribution in [3.05, 3.63) is 41.7 Å². The summed E-state index contributed by atoms with van der Waals surface area (Å²) in [6.45, 7) is 12.1. The fraction of sp³-hybridized carbons (Fsp3) is 0.400. The average molecular weight is 212 g/mol. The molecule has 0 aromatic heterocycles. The molecule has 1 rings (SSSR count). The molecule has 0 fully saturated rings. The summed E-state index contributed by atoms with van der Waals surface area (Å²) in [5.41, 5.74) is -0.167. The third-order valence-electron chi connectivity index (χ3n) is 0.891. The van der Waals surface area contributed by atoms with Crippen molar-refractivity contribution in [1.29, 1.82) is 0 Å². The van der Waals surface area contributed by atoms with Crippen LogP contribution in [0, 0.1) is 6.57 Å². The molecule has 0 spiro atoms. The van der Waals surface area contributed by atoms with Crippen molar-refractivity contribution in [2.24, 2.45) is 0 Å². The predicted octanol–water partition coefficient (Wildman–Crippen LogP) is 3.11. The second kappa shape index (κ2) is 7.03. The normalized spacial score (nSPS) is 8.50. The van der Waals surface area contributed by atoms with Crippen LogP contribution in [0.15, 0.2) is 30.3 Å². The minimum absolute atomic E-state index is 0. The van der Waals surface area contributed by atoms with Crippen molar-refractivity contribution < 1.29 is 17.1 Å². The van der Waals surface area contributed by atoms with Crippen molar-refractivity contribution in [2.75, 3.05) is 0 Å². The third kappa shape index (κ3) is 12.1. The van der Waals surface area contributed by atoms with Gasteiger partial charge in [-0.2, -0.15) is 18.2 Å². The molecule has 70 valence electrons. The van der Waals surface area contributed by atoms with Gasteiger partial charge in [0.25, 0.3) is 0 Å². The van der Waals surface area contributed by atoms with Crippen LogP contribution in [-0.4, -0.2) is 5.54 Å². The van der Waals surface area contributed by atoms with E-state index in [0.717, 1.165) is 0 Å². The molecule has 0 N–H and O–H groups in total. The largest absolute Gasteiger partial charge is 1.00 e. The van der Waals surface area contributed by atoms with E-state index in [9.17, 15) is 0 Å². The summed E-state index contributed by atoms with van der Waals surface area (Å²) in [5.74, 6) is 0. The smallest absolute Gasteiger partial charge is 0.311 e. The zero-order chi connectivity index (χ0) is 8.74. The molecule has 0 aliphatic rings. The van der Waals surface area contributed by atoms with Crippen LogP contribution in [0.1, 0.15) is 20.8 Å². The average Bonchev–Trinajstić information content (AvgIpc) is 2.41. The van der Waals surface area contributed by atoms with Crippen LogP contribution < -0.4 is 0 Å². The van der Waals surface area contributed by atoms with Crippen molar-refractivity contribution in [1.82, 2.24) is 0 Å². The molecule has 1 aromatic rings. The molecule has 0 bridgehead atoms. The van der Waals surface area contributed by atoms with E-state index >= 15 is 0 Å². The van der Waals surface area contributed by atoms with Crippen molar-refractivity contribution in [3.8, 4) is 0 Å². The molecule has 1 aromatic carbocycles. The van der Waals surface area contributed by atoms with Gasteiger partial charge >= 0.3 is 17.1 Å². The van der Waals surface area contributed by atoms with E-state index < -0.39 is 0 Å². The summed E-state index contributed by atoms with van der Waals surface area (Å²) in [6, 6.07) is 10.0. The zero-order valence-corrected chi connectivity index (χ0v) is 8.58. The number of nitrogens with zero attached hydrogens (tertiary/aromatic N) is 1. The summed E-state index contributed by atoms with van der Waals surface area (Å²) < 4.78 is 0. The van der Waals surface area contributed by atoms with E-state index in [2.05, 4.69) is 4.85 Å². The second-order valence-electron chi connectivity index (χ2n) is 3.24. The molecule has 0 saturated carbocycles. The maximum atomic E-state index is 6.48. The number of hydrogen-bond acceptors (Lipinski definition) is 0. The molecule has 1 nitrogen and oxygen atoms in total. The molecule has 12 heavy (non-hydrogen) atoms. The van der Waals surface area contributed by atoms with Crippen LogP contribution in [0.3, 0.4) is 0 Å². The first-order chi connectivity index (χ1) is 5.06. The summed E-state index contributed by atoms with van der Waals surface area (Å²) in [4.78, 5) is 3.27. The van der Waals surface area contributed by atoms with Crippen molar-refractivity contribution in [3.63, 3.8) is 0 Å². The Bertz CT molecular complexity index is 184. The summed E-state index contributed by atoms with van der Waals surface area (Å²) >= 11 is 0. The Morgan fingerprint density at radius 2 is 1.50 bits per heavy atom. The van der Waals surface area contributed by atoms with Gasteiger partial charge in [-0.25, -0.2) is 18.7 Å². The summed E-state index contributed by atoms with van der Waals surface area (Å²) in [5, 5.41) is 0.